The Labute approximate surface area is 151 Å². The first-order chi connectivity index (χ1) is 12.5. The minimum absolute atomic E-state index is 0.0757. The van der Waals surface area contributed by atoms with E-state index >= 15 is 0 Å². The molecule has 3 rings (SSSR count). The third-order valence-corrected chi connectivity index (χ3v) is 5.52. The van der Waals surface area contributed by atoms with Gasteiger partial charge in [0.25, 0.3) is 10.0 Å². The van der Waals surface area contributed by atoms with Crippen molar-refractivity contribution < 1.29 is 17.9 Å². The Balaban J connectivity index is 2.21. The van der Waals surface area contributed by atoms with Gasteiger partial charge in [-0.3, -0.25) is 4.98 Å². The third kappa shape index (κ3) is 3.39. The quantitative estimate of drug-likeness (QED) is 0.690. The molecule has 26 heavy (non-hydrogen) atoms. The summed E-state index contributed by atoms with van der Waals surface area (Å²) in [6.45, 7) is 0.103. The summed E-state index contributed by atoms with van der Waals surface area (Å²) < 4.78 is 41.6. The molecule has 0 aliphatic rings. The summed E-state index contributed by atoms with van der Waals surface area (Å²) >= 11 is 0. The van der Waals surface area contributed by atoms with E-state index in [4.69, 9.17) is 0 Å². The molecular weight excluding hydrogens is 357 g/mol. The zero-order valence-electron chi connectivity index (χ0n) is 14.1. The van der Waals surface area contributed by atoms with E-state index in [1.807, 2.05) is 0 Å². The molecule has 0 radical (unpaired) electrons. The molecule has 1 aromatic carbocycles. The number of nitrogens with one attached hydrogen (secondary N) is 1. The number of aromatic nitrogens is 2. The zero-order valence-corrected chi connectivity index (χ0v) is 14.9. The molecule has 0 amide bonds. The topological polar surface area (TPSA) is 84.2 Å². The number of aliphatic hydroxyl groups is 1. The Kier molecular flexibility index (Phi) is 5.17. The highest BCUT2D eigenvalue weighted by Gasteiger charge is 2.23. The van der Waals surface area contributed by atoms with Crippen LogP contribution in [0.2, 0.25) is 0 Å². The van der Waals surface area contributed by atoms with Crippen LogP contribution >= 0.6 is 0 Å². The first kappa shape index (κ1) is 18.2. The lowest BCUT2D eigenvalue weighted by molar-refractivity contribution is 0.281. The maximum Gasteiger partial charge on any atom is 0.269 e. The second-order valence-corrected chi connectivity index (χ2v) is 7.55. The summed E-state index contributed by atoms with van der Waals surface area (Å²) in [5.74, 6) is -0.514. The first-order valence-corrected chi connectivity index (χ1v) is 9.32. The molecule has 0 unspecified atom stereocenters. The Morgan fingerprint density at radius 2 is 1.96 bits per heavy atom. The summed E-state index contributed by atoms with van der Waals surface area (Å²) in [5.41, 5.74) is 1.48. The molecule has 0 aliphatic carbocycles. The molecular formula is C18H18FN3O3S. The molecule has 0 saturated carbocycles. The van der Waals surface area contributed by atoms with E-state index in [2.05, 4.69) is 10.3 Å². The van der Waals surface area contributed by atoms with Gasteiger partial charge in [-0.2, -0.15) is 0 Å². The fourth-order valence-electron chi connectivity index (χ4n) is 2.67. The molecule has 2 N–H and O–H groups in total. The number of nitrogens with zero attached hydrogens (tertiary/aromatic N) is 2. The summed E-state index contributed by atoms with van der Waals surface area (Å²) in [5, 5.41) is 12.2. The lowest BCUT2D eigenvalue weighted by Crippen LogP contribution is -2.14. The minimum atomic E-state index is -4.02. The molecule has 0 aliphatic heterocycles. The van der Waals surface area contributed by atoms with Crippen LogP contribution in [-0.2, 0) is 23.2 Å². The molecule has 0 atom stereocenters. The standard InChI is InChI=1S/C18H18FN3O3S/c1-20-8-13-7-18(16-4-2-3-5-17(16)19)22(11-13)26(24,25)15-6-14(12-23)9-21-10-15/h2-7,9-11,20,23H,8,12H2,1H3. The molecule has 136 valence electrons. The number of aliphatic hydroxyl groups excluding tert-OH is 1. The average molecular weight is 375 g/mol. The van der Waals surface area contributed by atoms with Crippen LogP contribution in [0, 0.1) is 5.82 Å². The Morgan fingerprint density at radius 1 is 1.19 bits per heavy atom. The fraction of sp³-hybridized carbons (Fsp3) is 0.167. The van der Waals surface area contributed by atoms with Crippen LogP contribution < -0.4 is 5.32 Å². The molecule has 0 bridgehead atoms. The van der Waals surface area contributed by atoms with Crippen molar-refractivity contribution in [3.05, 3.63) is 71.9 Å². The van der Waals surface area contributed by atoms with E-state index < -0.39 is 15.8 Å². The van der Waals surface area contributed by atoms with Gasteiger partial charge in [0.05, 0.1) is 12.3 Å². The van der Waals surface area contributed by atoms with Gasteiger partial charge in [-0.15, -0.1) is 0 Å². The number of pyridine rings is 1. The lowest BCUT2D eigenvalue weighted by Gasteiger charge is -2.11. The van der Waals surface area contributed by atoms with Crippen molar-refractivity contribution in [1.29, 1.82) is 0 Å². The van der Waals surface area contributed by atoms with Crippen LogP contribution in [0.4, 0.5) is 4.39 Å². The smallest absolute Gasteiger partial charge is 0.269 e. The van der Waals surface area contributed by atoms with Gasteiger partial charge in [0.1, 0.15) is 10.7 Å². The molecule has 8 heteroatoms. The van der Waals surface area contributed by atoms with Crippen LogP contribution in [0.25, 0.3) is 11.3 Å². The molecule has 3 aromatic rings. The van der Waals surface area contributed by atoms with Gasteiger partial charge in [-0.05, 0) is 42.4 Å². The van der Waals surface area contributed by atoms with Crippen LogP contribution in [-0.4, -0.2) is 29.5 Å². The maximum absolute atomic E-state index is 14.3. The van der Waals surface area contributed by atoms with E-state index in [-0.39, 0.29) is 22.8 Å². The predicted octanol–water partition coefficient (Wildman–Crippen LogP) is 2.14. The SMILES string of the molecule is CNCc1cc(-c2ccccc2F)n(S(=O)(=O)c2cncc(CO)c2)c1. The Morgan fingerprint density at radius 3 is 2.65 bits per heavy atom. The maximum atomic E-state index is 14.3. The van der Waals surface area contributed by atoms with Gasteiger partial charge in [0, 0.05) is 30.7 Å². The van der Waals surface area contributed by atoms with Crippen molar-refractivity contribution in [2.45, 2.75) is 18.0 Å². The van der Waals surface area contributed by atoms with Gasteiger partial charge in [0.2, 0.25) is 0 Å². The van der Waals surface area contributed by atoms with Gasteiger partial charge in [0.15, 0.2) is 0 Å². The summed E-state index contributed by atoms with van der Waals surface area (Å²) in [6.07, 6.45) is 4.05. The number of hydrogen-bond donors (Lipinski definition) is 2. The van der Waals surface area contributed by atoms with Crippen molar-refractivity contribution in [2.75, 3.05) is 7.05 Å². The second-order valence-electron chi connectivity index (χ2n) is 5.73. The van der Waals surface area contributed by atoms with Crippen LogP contribution in [0.3, 0.4) is 0 Å². The van der Waals surface area contributed by atoms with E-state index in [1.54, 1.807) is 25.2 Å². The molecule has 6 nitrogen and oxygen atoms in total. The average Bonchev–Trinajstić information content (AvgIpc) is 3.07. The molecule has 0 fully saturated rings. The van der Waals surface area contributed by atoms with Crippen LogP contribution in [0.5, 0.6) is 0 Å². The monoisotopic (exact) mass is 375 g/mol. The predicted molar refractivity (Wildman–Crippen MR) is 95.3 cm³/mol. The van der Waals surface area contributed by atoms with E-state index in [0.717, 1.165) is 3.97 Å². The highest BCUT2D eigenvalue weighted by Crippen LogP contribution is 2.29. The molecule has 0 spiro atoms. The van der Waals surface area contributed by atoms with Crippen molar-refractivity contribution in [2.24, 2.45) is 0 Å². The van der Waals surface area contributed by atoms with Gasteiger partial charge in [-0.1, -0.05) is 12.1 Å². The third-order valence-electron chi connectivity index (χ3n) is 3.88. The van der Waals surface area contributed by atoms with Crippen molar-refractivity contribution in [3.8, 4) is 11.3 Å². The second kappa shape index (κ2) is 7.36. The van der Waals surface area contributed by atoms with Gasteiger partial charge in [-0.25, -0.2) is 16.8 Å². The molecule has 2 heterocycles. The molecule has 0 saturated heterocycles. The van der Waals surface area contributed by atoms with E-state index in [9.17, 15) is 17.9 Å². The largest absolute Gasteiger partial charge is 0.392 e. The summed E-state index contributed by atoms with van der Waals surface area (Å²) in [7, 11) is -2.28. The van der Waals surface area contributed by atoms with E-state index in [1.165, 1.54) is 36.8 Å². The summed E-state index contributed by atoms with van der Waals surface area (Å²) in [4.78, 5) is 3.80. The Hall–Kier alpha value is -2.55. The number of rotatable bonds is 6. The van der Waals surface area contributed by atoms with Crippen molar-refractivity contribution in [1.82, 2.24) is 14.3 Å². The highest BCUT2D eigenvalue weighted by molar-refractivity contribution is 7.90. The zero-order chi connectivity index (χ0) is 18.7. The lowest BCUT2D eigenvalue weighted by atomic mass is 10.1. The van der Waals surface area contributed by atoms with Gasteiger partial charge >= 0.3 is 0 Å². The molecule has 2 aromatic heterocycles. The van der Waals surface area contributed by atoms with Crippen LogP contribution in [0.15, 0.2) is 59.9 Å². The van der Waals surface area contributed by atoms with E-state index in [0.29, 0.717) is 17.7 Å². The minimum Gasteiger partial charge on any atom is -0.392 e. The first-order valence-electron chi connectivity index (χ1n) is 7.88. The van der Waals surface area contributed by atoms with Gasteiger partial charge < -0.3 is 10.4 Å². The Bertz CT molecular complexity index is 1030. The van der Waals surface area contributed by atoms with Crippen molar-refractivity contribution in [3.63, 3.8) is 0 Å². The number of benzene rings is 1. The fourth-order valence-corrected chi connectivity index (χ4v) is 4.07. The number of halogens is 1. The highest BCUT2D eigenvalue weighted by atomic mass is 32.2. The number of hydrogen-bond acceptors (Lipinski definition) is 5. The normalized spacial score (nSPS) is 11.7. The van der Waals surface area contributed by atoms with Crippen molar-refractivity contribution >= 4 is 10.0 Å². The van der Waals surface area contributed by atoms with Crippen LogP contribution in [0.1, 0.15) is 11.1 Å². The summed E-state index contributed by atoms with van der Waals surface area (Å²) in [6, 6.07) is 8.99.